The van der Waals surface area contributed by atoms with Crippen molar-refractivity contribution in [2.45, 2.75) is 20.3 Å². The number of carbonyl (C=O) groups is 1. The van der Waals surface area contributed by atoms with Crippen LogP contribution < -0.4 is 5.48 Å². The molecule has 1 rings (SSSR count). The van der Waals surface area contributed by atoms with Gasteiger partial charge in [0.25, 0.3) is 5.91 Å². The number of carbonyl (C=O) groups excluding carboxylic acids is 1. The van der Waals surface area contributed by atoms with Gasteiger partial charge in [-0.15, -0.1) is 0 Å². The van der Waals surface area contributed by atoms with Gasteiger partial charge in [0.2, 0.25) is 0 Å². The van der Waals surface area contributed by atoms with Gasteiger partial charge in [0.15, 0.2) is 0 Å². The fraction of sp³-hybridized carbons (Fsp3) is 0.375. The summed E-state index contributed by atoms with van der Waals surface area (Å²) >= 11 is 0. The number of aromatic nitrogens is 2. The molecule has 0 saturated heterocycles. The van der Waals surface area contributed by atoms with Crippen molar-refractivity contribution in [3.8, 4) is 0 Å². The molecular weight excluding hydrogens is 170 g/mol. The van der Waals surface area contributed by atoms with Gasteiger partial charge in [0.05, 0.1) is 11.3 Å². The van der Waals surface area contributed by atoms with Crippen molar-refractivity contribution in [2.75, 3.05) is 0 Å². The minimum atomic E-state index is -0.572. The van der Waals surface area contributed by atoms with E-state index in [4.69, 9.17) is 5.21 Å². The fourth-order valence-electron chi connectivity index (χ4n) is 1.04. The lowest BCUT2D eigenvalue weighted by Crippen LogP contribution is -2.21. The number of rotatable bonds is 2. The zero-order valence-corrected chi connectivity index (χ0v) is 7.53. The Hall–Kier alpha value is -1.49. The van der Waals surface area contributed by atoms with Gasteiger partial charge in [-0.05, 0) is 13.3 Å². The van der Waals surface area contributed by atoms with Gasteiger partial charge in [-0.25, -0.2) is 15.4 Å². The van der Waals surface area contributed by atoms with Crippen LogP contribution in [0.5, 0.6) is 0 Å². The topological polar surface area (TPSA) is 75.1 Å². The Bertz CT molecular complexity index is 325. The van der Waals surface area contributed by atoms with Crippen LogP contribution in [0.25, 0.3) is 0 Å². The molecule has 0 fully saturated rings. The maximum absolute atomic E-state index is 11.1. The minimum Gasteiger partial charge on any atom is -0.288 e. The molecule has 5 nitrogen and oxygen atoms in total. The summed E-state index contributed by atoms with van der Waals surface area (Å²) in [6, 6.07) is 0. The average Bonchev–Trinajstić information content (AvgIpc) is 2.16. The first-order valence-electron chi connectivity index (χ1n) is 3.96. The first kappa shape index (κ1) is 9.60. The third-order valence-corrected chi connectivity index (χ3v) is 1.67. The van der Waals surface area contributed by atoms with Gasteiger partial charge in [0, 0.05) is 6.20 Å². The van der Waals surface area contributed by atoms with Crippen LogP contribution in [0.4, 0.5) is 0 Å². The lowest BCUT2D eigenvalue weighted by atomic mass is 10.2. The van der Waals surface area contributed by atoms with Gasteiger partial charge in [0.1, 0.15) is 5.82 Å². The Balaban J connectivity index is 3.13. The smallest absolute Gasteiger partial charge is 0.278 e. The van der Waals surface area contributed by atoms with Gasteiger partial charge in [-0.3, -0.25) is 10.0 Å². The second kappa shape index (κ2) is 3.95. The Labute approximate surface area is 75.8 Å². The largest absolute Gasteiger partial charge is 0.288 e. The average molecular weight is 181 g/mol. The monoisotopic (exact) mass is 181 g/mol. The molecule has 0 spiro atoms. The van der Waals surface area contributed by atoms with E-state index in [2.05, 4.69) is 9.97 Å². The van der Waals surface area contributed by atoms with Crippen molar-refractivity contribution in [2.24, 2.45) is 0 Å². The lowest BCUT2D eigenvalue weighted by molar-refractivity contribution is 0.0704. The maximum Gasteiger partial charge on any atom is 0.278 e. The molecule has 5 heteroatoms. The second-order valence-electron chi connectivity index (χ2n) is 2.57. The summed E-state index contributed by atoms with van der Waals surface area (Å²) in [5.74, 6) is 0.0446. The fourth-order valence-corrected chi connectivity index (χ4v) is 1.04. The molecule has 1 amide bonds. The van der Waals surface area contributed by atoms with Crippen LogP contribution in [0.2, 0.25) is 0 Å². The zero-order chi connectivity index (χ0) is 9.84. The van der Waals surface area contributed by atoms with Crippen molar-refractivity contribution < 1.29 is 10.0 Å². The Morgan fingerprint density at radius 2 is 2.38 bits per heavy atom. The number of amides is 1. The summed E-state index contributed by atoms with van der Waals surface area (Å²) in [6.07, 6.45) is 2.04. The number of hydrogen-bond donors (Lipinski definition) is 2. The quantitative estimate of drug-likeness (QED) is 0.513. The number of nitrogens with zero attached hydrogens (tertiary/aromatic N) is 2. The molecular formula is C8H11N3O2. The molecule has 0 aliphatic heterocycles. The van der Waals surface area contributed by atoms with Crippen LogP contribution in [0, 0.1) is 6.92 Å². The van der Waals surface area contributed by atoms with Crippen LogP contribution in [-0.4, -0.2) is 21.1 Å². The highest BCUT2D eigenvalue weighted by Gasteiger charge is 2.10. The van der Waals surface area contributed by atoms with E-state index in [1.807, 2.05) is 6.92 Å². The van der Waals surface area contributed by atoms with Crippen LogP contribution in [-0.2, 0) is 6.42 Å². The third kappa shape index (κ3) is 2.00. The normalized spacial score (nSPS) is 9.77. The molecule has 0 aliphatic rings. The summed E-state index contributed by atoms with van der Waals surface area (Å²) < 4.78 is 0. The maximum atomic E-state index is 11.1. The number of aryl methyl sites for hydroxylation is 2. The molecule has 2 N–H and O–H groups in total. The lowest BCUT2D eigenvalue weighted by Gasteiger charge is -2.04. The molecule has 70 valence electrons. The molecule has 1 heterocycles. The van der Waals surface area contributed by atoms with Crippen molar-refractivity contribution in [3.63, 3.8) is 0 Å². The van der Waals surface area contributed by atoms with E-state index in [0.29, 0.717) is 23.5 Å². The first-order chi connectivity index (χ1) is 6.19. The van der Waals surface area contributed by atoms with E-state index in [1.165, 1.54) is 6.20 Å². The third-order valence-electron chi connectivity index (χ3n) is 1.67. The molecule has 0 aliphatic carbocycles. The second-order valence-corrected chi connectivity index (χ2v) is 2.57. The van der Waals surface area contributed by atoms with E-state index in [9.17, 15) is 4.79 Å². The summed E-state index contributed by atoms with van der Waals surface area (Å²) in [6.45, 7) is 3.63. The number of hydrogen-bond acceptors (Lipinski definition) is 4. The van der Waals surface area contributed by atoms with E-state index in [0.717, 1.165) is 0 Å². The van der Waals surface area contributed by atoms with Crippen LogP contribution in [0.15, 0.2) is 6.20 Å². The van der Waals surface area contributed by atoms with E-state index in [1.54, 1.807) is 12.4 Å². The zero-order valence-electron chi connectivity index (χ0n) is 7.53. The highest BCUT2D eigenvalue weighted by Crippen LogP contribution is 2.05. The highest BCUT2D eigenvalue weighted by atomic mass is 16.5. The van der Waals surface area contributed by atoms with Crippen LogP contribution in [0.3, 0.4) is 0 Å². The van der Waals surface area contributed by atoms with E-state index >= 15 is 0 Å². The molecule has 1 aromatic rings. The highest BCUT2D eigenvalue weighted by molar-refractivity contribution is 5.94. The Morgan fingerprint density at radius 1 is 1.69 bits per heavy atom. The summed E-state index contributed by atoms with van der Waals surface area (Å²) in [7, 11) is 0. The Morgan fingerprint density at radius 3 is 2.92 bits per heavy atom. The van der Waals surface area contributed by atoms with Gasteiger partial charge in [-0.2, -0.15) is 0 Å². The van der Waals surface area contributed by atoms with Crippen LogP contribution in [0.1, 0.15) is 28.8 Å². The molecule has 0 saturated carbocycles. The van der Waals surface area contributed by atoms with E-state index < -0.39 is 5.91 Å². The molecule has 0 atom stereocenters. The molecule has 1 aromatic heterocycles. The van der Waals surface area contributed by atoms with Crippen molar-refractivity contribution >= 4 is 5.91 Å². The van der Waals surface area contributed by atoms with E-state index in [-0.39, 0.29) is 0 Å². The first-order valence-corrected chi connectivity index (χ1v) is 3.96. The van der Waals surface area contributed by atoms with Gasteiger partial charge in [-0.1, -0.05) is 6.92 Å². The Kier molecular flexibility index (Phi) is 2.92. The predicted octanol–water partition coefficient (Wildman–Crippen LogP) is 0.466. The van der Waals surface area contributed by atoms with Gasteiger partial charge < -0.3 is 0 Å². The SMILES string of the molecule is CCc1nc(C)ncc1C(=O)NO. The molecule has 0 unspecified atom stereocenters. The summed E-state index contributed by atoms with van der Waals surface area (Å²) in [4.78, 5) is 19.0. The van der Waals surface area contributed by atoms with Crippen molar-refractivity contribution in [1.82, 2.24) is 15.4 Å². The van der Waals surface area contributed by atoms with Crippen molar-refractivity contribution in [1.29, 1.82) is 0 Å². The summed E-state index contributed by atoms with van der Waals surface area (Å²) in [5.41, 5.74) is 2.51. The predicted molar refractivity (Wildman–Crippen MR) is 45.4 cm³/mol. The standard InChI is InChI=1S/C8H11N3O2/c1-3-7-6(8(12)11-13)4-9-5(2)10-7/h4,13H,3H2,1-2H3,(H,11,12). The van der Waals surface area contributed by atoms with Crippen LogP contribution >= 0.6 is 0 Å². The van der Waals surface area contributed by atoms with Gasteiger partial charge >= 0.3 is 0 Å². The van der Waals surface area contributed by atoms with Crippen molar-refractivity contribution in [3.05, 3.63) is 23.3 Å². The minimum absolute atomic E-state index is 0.315. The molecule has 13 heavy (non-hydrogen) atoms. The number of nitrogens with one attached hydrogen (secondary N) is 1. The molecule has 0 bridgehead atoms. The number of hydroxylamine groups is 1. The molecule has 0 aromatic carbocycles. The molecule has 0 radical (unpaired) electrons. The summed E-state index contributed by atoms with van der Waals surface area (Å²) in [5, 5.41) is 8.42.